The topological polar surface area (TPSA) is 87.0 Å². The van der Waals surface area contributed by atoms with Crippen LogP contribution in [0.25, 0.3) is 33.8 Å². The SMILES string of the molecule is Cc1ccc2oc(-c3cn[nH]c3-c3ccc(NC(=O)CCCN(C)C)cc3)nc2c1. The van der Waals surface area contributed by atoms with Gasteiger partial charge in [-0.2, -0.15) is 5.10 Å². The molecule has 30 heavy (non-hydrogen) atoms. The molecule has 0 aliphatic heterocycles. The van der Waals surface area contributed by atoms with E-state index in [0.29, 0.717) is 12.3 Å². The Bertz CT molecular complexity index is 1160. The summed E-state index contributed by atoms with van der Waals surface area (Å²) in [7, 11) is 4.00. The van der Waals surface area contributed by atoms with Crippen LogP contribution in [-0.2, 0) is 4.79 Å². The van der Waals surface area contributed by atoms with E-state index in [2.05, 4.69) is 25.4 Å². The van der Waals surface area contributed by atoms with Gasteiger partial charge in [0, 0.05) is 17.7 Å². The zero-order valence-electron chi connectivity index (χ0n) is 17.4. The quantitative estimate of drug-likeness (QED) is 0.475. The maximum absolute atomic E-state index is 12.1. The Morgan fingerprint density at radius 3 is 2.73 bits per heavy atom. The van der Waals surface area contributed by atoms with Crippen LogP contribution in [0.2, 0.25) is 0 Å². The fraction of sp³-hybridized carbons (Fsp3) is 0.261. The van der Waals surface area contributed by atoms with Gasteiger partial charge in [-0.1, -0.05) is 18.2 Å². The first-order valence-corrected chi connectivity index (χ1v) is 9.95. The normalized spacial score (nSPS) is 11.3. The molecule has 0 radical (unpaired) electrons. The number of H-pyrrole nitrogens is 1. The number of carbonyl (C=O) groups is 1. The highest BCUT2D eigenvalue weighted by Crippen LogP contribution is 2.32. The lowest BCUT2D eigenvalue weighted by molar-refractivity contribution is -0.116. The van der Waals surface area contributed by atoms with Crippen LogP contribution in [0.1, 0.15) is 18.4 Å². The van der Waals surface area contributed by atoms with Gasteiger partial charge in [0.15, 0.2) is 5.58 Å². The number of aromatic nitrogens is 3. The summed E-state index contributed by atoms with van der Waals surface area (Å²) in [4.78, 5) is 18.8. The minimum absolute atomic E-state index is 0.0219. The summed E-state index contributed by atoms with van der Waals surface area (Å²) >= 11 is 0. The van der Waals surface area contributed by atoms with E-state index < -0.39 is 0 Å². The zero-order chi connectivity index (χ0) is 21.1. The first kappa shape index (κ1) is 19.8. The van der Waals surface area contributed by atoms with Crippen molar-refractivity contribution in [2.75, 3.05) is 26.0 Å². The molecular formula is C23H25N5O2. The second kappa shape index (κ2) is 8.51. The van der Waals surface area contributed by atoms with Crippen LogP contribution >= 0.6 is 0 Å². The highest BCUT2D eigenvalue weighted by atomic mass is 16.3. The van der Waals surface area contributed by atoms with Crippen molar-refractivity contribution in [2.45, 2.75) is 19.8 Å². The second-order valence-electron chi connectivity index (χ2n) is 7.68. The van der Waals surface area contributed by atoms with E-state index >= 15 is 0 Å². The third-order valence-electron chi connectivity index (χ3n) is 4.88. The molecule has 0 saturated heterocycles. The molecule has 4 rings (SSSR count). The van der Waals surface area contributed by atoms with E-state index in [1.54, 1.807) is 6.20 Å². The molecule has 2 heterocycles. The Labute approximate surface area is 175 Å². The number of oxazole rings is 1. The van der Waals surface area contributed by atoms with E-state index in [1.807, 2.05) is 63.5 Å². The van der Waals surface area contributed by atoms with Crippen LogP contribution in [-0.4, -0.2) is 46.6 Å². The van der Waals surface area contributed by atoms with Crippen molar-refractivity contribution < 1.29 is 9.21 Å². The Hall–Kier alpha value is -3.45. The van der Waals surface area contributed by atoms with Crippen LogP contribution in [0.3, 0.4) is 0 Å². The van der Waals surface area contributed by atoms with Gasteiger partial charge in [0.2, 0.25) is 11.8 Å². The average molecular weight is 403 g/mol. The lowest BCUT2D eigenvalue weighted by Crippen LogP contribution is -2.17. The summed E-state index contributed by atoms with van der Waals surface area (Å²) < 4.78 is 5.93. The van der Waals surface area contributed by atoms with Gasteiger partial charge in [-0.3, -0.25) is 9.89 Å². The molecule has 0 atom stereocenters. The molecule has 7 heteroatoms. The smallest absolute Gasteiger partial charge is 0.231 e. The number of carbonyl (C=O) groups excluding carboxylic acids is 1. The highest BCUT2D eigenvalue weighted by Gasteiger charge is 2.16. The largest absolute Gasteiger partial charge is 0.436 e. The van der Waals surface area contributed by atoms with E-state index in [1.165, 1.54) is 0 Å². The summed E-state index contributed by atoms with van der Waals surface area (Å²) in [5.41, 5.74) is 6.03. The molecule has 0 spiro atoms. The van der Waals surface area contributed by atoms with E-state index in [0.717, 1.165) is 52.1 Å². The summed E-state index contributed by atoms with van der Waals surface area (Å²) in [6.07, 6.45) is 3.05. The van der Waals surface area contributed by atoms with Gasteiger partial charge >= 0.3 is 0 Å². The number of aryl methyl sites for hydroxylation is 1. The minimum Gasteiger partial charge on any atom is -0.436 e. The molecule has 2 aromatic carbocycles. The van der Waals surface area contributed by atoms with Crippen molar-refractivity contribution >= 4 is 22.7 Å². The number of hydrogen-bond acceptors (Lipinski definition) is 5. The van der Waals surface area contributed by atoms with Gasteiger partial charge in [0.25, 0.3) is 0 Å². The summed E-state index contributed by atoms with van der Waals surface area (Å²) in [6, 6.07) is 13.6. The predicted molar refractivity (Wildman–Crippen MR) is 118 cm³/mol. The van der Waals surface area contributed by atoms with Crippen molar-refractivity contribution in [1.29, 1.82) is 0 Å². The number of amides is 1. The van der Waals surface area contributed by atoms with Gasteiger partial charge in [0.05, 0.1) is 17.5 Å². The average Bonchev–Trinajstić information content (AvgIpc) is 3.34. The first-order valence-electron chi connectivity index (χ1n) is 9.95. The van der Waals surface area contributed by atoms with Gasteiger partial charge < -0.3 is 14.6 Å². The lowest BCUT2D eigenvalue weighted by Gasteiger charge is -2.09. The number of rotatable bonds is 7. The number of nitrogens with zero attached hydrogens (tertiary/aromatic N) is 3. The van der Waals surface area contributed by atoms with Crippen molar-refractivity contribution in [1.82, 2.24) is 20.1 Å². The van der Waals surface area contributed by atoms with Crippen molar-refractivity contribution in [3.63, 3.8) is 0 Å². The number of aromatic amines is 1. The number of anilines is 1. The number of nitrogens with one attached hydrogen (secondary N) is 2. The van der Waals surface area contributed by atoms with Gasteiger partial charge in [-0.25, -0.2) is 4.98 Å². The molecule has 0 bridgehead atoms. The highest BCUT2D eigenvalue weighted by molar-refractivity contribution is 5.91. The minimum atomic E-state index is 0.0219. The molecule has 0 aliphatic carbocycles. The summed E-state index contributed by atoms with van der Waals surface area (Å²) in [6.45, 7) is 2.92. The first-order chi connectivity index (χ1) is 14.5. The third-order valence-corrected chi connectivity index (χ3v) is 4.88. The molecule has 0 unspecified atom stereocenters. The Morgan fingerprint density at radius 2 is 1.97 bits per heavy atom. The van der Waals surface area contributed by atoms with Gasteiger partial charge in [0.1, 0.15) is 5.52 Å². The number of fused-ring (bicyclic) bond motifs is 1. The molecule has 0 saturated carbocycles. The molecule has 0 aliphatic rings. The molecular weight excluding hydrogens is 378 g/mol. The molecule has 2 aromatic heterocycles. The second-order valence-corrected chi connectivity index (χ2v) is 7.68. The van der Waals surface area contributed by atoms with Crippen LogP contribution in [0.5, 0.6) is 0 Å². The fourth-order valence-corrected chi connectivity index (χ4v) is 3.32. The molecule has 2 N–H and O–H groups in total. The van der Waals surface area contributed by atoms with Crippen LogP contribution in [0.15, 0.2) is 53.1 Å². The maximum Gasteiger partial charge on any atom is 0.231 e. The van der Waals surface area contributed by atoms with Crippen molar-refractivity contribution in [3.05, 3.63) is 54.2 Å². The number of benzene rings is 2. The molecule has 1 amide bonds. The van der Waals surface area contributed by atoms with Crippen LogP contribution < -0.4 is 5.32 Å². The van der Waals surface area contributed by atoms with Crippen LogP contribution in [0.4, 0.5) is 5.69 Å². The molecule has 154 valence electrons. The van der Waals surface area contributed by atoms with E-state index in [4.69, 9.17) is 4.42 Å². The summed E-state index contributed by atoms with van der Waals surface area (Å²) in [5.74, 6) is 0.547. The van der Waals surface area contributed by atoms with Crippen LogP contribution in [0, 0.1) is 6.92 Å². The van der Waals surface area contributed by atoms with E-state index in [-0.39, 0.29) is 5.91 Å². The Morgan fingerprint density at radius 1 is 1.17 bits per heavy atom. The Kier molecular flexibility index (Phi) is 5.63. The monoisotopic (exact) mass is 403 g/mol. The lowest BCUT2D eigenvalue weighted by atomic mass is 10.1. The number of hydrogen-bond donors (Lipinski definition) is 2. The summed E-state index contributed by atoms with van der Waals surface area (Å²) in [5, 5.41) is 10.2. The predicted octanol–water partition coefficient (Wildman–Crippen LogP) is 4.47. The molecule has 4 aromatic rings. The standard InChI is InChI=1S/C23H25N5O2/c1-15-6-11-20-19(13-15)26-23(30-20)18-14-24-27-22(18)16-7-9-17(10-8-16)25-21(29)5-4-12-28(2)3/h6-11,13-14H,4-5,12H2,1-3H3,(H,24,27)(H,25,29). The van der Waals surface area contributed by atoms with Gasteiger partial charge in [-0.15, -0.1) is 0 Å². The maximum atomic E-state index is 12.1. The third kappa shape index (κ3) is 4.41. The molecule has 7 nitrogen and oxygen atoms in total. The Balaban J connectivity index is 1.50. The van der Waals surface area contributed by atoms with Crippen molar-refractivity contribution in [2.24, 2.45) is 0 Å². The molecule has 0 fully saturated rings. The van der Waals surface area contributed by atoms with E-state index in [9.17, 15) is 4.79 Å². The zero-order valence-corrected chi connectivity index (χ0v) is 17.4. The fourth-order valence-electron chi connectivity index (χ4n) is 3.32. The van der Waals surface area contributed by atoms with Gasteiger partial charge in [-0.05, 0) is 63.8 Å². The van der Waals surface area contributed by atoms with Crippen molar-refractivity contribution in [3.8, 4) is 22.7 Å².